The number of rotatable bonds is 7. The molecule has 5 heteroatoms. The van der Waals surface area contributed by atoms with E-state index in [1.54, 1.807) is 6.33 Å². The predicted molar refractivity (Wildman–Crippen MR) is 66.6 cm³/mol. The second kappa shape index (κ2) is 6.86. The lowest BCUT2D eigenvalue weighted by molar-refractivity contribution is 0.205. The van der Waals surface area contributed by atoms with Crippen LogP contribution in [0.1, 0.15) is 33.0 Å². The van der Waals surface area contributed by atoms with E-state index in [0.717, 1.165) is 31.9 Å². The van der Waals surface area contributed by atoms with Crippen molar-refractivity contribution in [2.45, 2.75) is 46.3 Å². The van der Waals surface area contributed by atoms with E-state index in [9.17, 15) is 0 Å². The lowest BCUT2D eigenvalue weighted by Crippen LogP contribution is -2.32. The Kier molecular flexibility index (Phi) is 5.77. The molecule has 16 heavy (non-hydrogen) atoms. The molecule has 0 spiro atoms. The van der Waals surface area contributed by atoms with Crippen LogP contribution in [-0.2, 0) is 13.1 Å². The molecule has 0 aliphatic rings. The van der Waals surface area contributed by atoms with Crippen LogP contribution in [0.5, 0.6) is 0 Å². The maximum Gasteiger partial charge on any atom is 0.141 e. The molecule has 1 aromatic rings. The third-order valence-electron chi connectivity index (χ3n) is 2.65. The van der Waals surface area contributed by atoms with Gasteiger partial charge in [-0.25, -0.2) is 9.67 Å². The number of aromatic nitrogens is 3. The highest BCUT2D eigenvalue weighted by molar-refractivity contribution is 6.17. The van der Waals surface area contributed by atoms with Crippen molar-refractivity contribution in [1.82, 2.24) is 19.7 Å². The van der Waals surface area contributed by atoms with E-state index < -0.39 is 0 Å². The lowest BCUT2D eigenvalue weighted by atomic mass is 10.3. The Bertz CT molecular complexity index is 298. The molecule has 0 aliphatic heterocycles. The first-order valence-electron chi connectivity index (χ1n) is 5.85. The van der Waals surface area contributed by atoms with Gasteiger partial charge in [-0.15, -0.1) is 11.6 Å². The van der Waals surface area contributed by atoms with Crippen LogP contribution in [0.2, 0.25) is 0 Å². The van der Waals surface area contributed by atoms with E-state index in [0.29, 0.717) is 11.9 Å². The van der Waals surface area contributed by atoms with Gasteiger partial charge in [0.15, 0.2) is 0 Å². The van der Waals surface area contributed by atoms with Crippen molar-refractivity contribution in [2.75, 3.05) is 12.4 Å². The second-order valence-electron chi connectivity index (χ2n) is 4.10. The van der Waals surface area contributed by atoms with E-state index in [1.807, 2.05) is 4.68 Å². The first kappa shape index (κ1) is 13.5. The molecule has 0 radical (unpaired) electrons. The van der Waals surface area contributed by atoms with Crippen molar-refractivity contribution in [1.29, 1.82) is 0 Å². The molecule has 1 aromatic heterocycles. The zero-order valence-corrected chi connectivity index (χ0v) is 11.1. The first-order valence-corrected chi connectivity index (χ1v) is 6.39. The topological polar surface area (TPSA) is 34.0 Å². The van der Waals surface area contributed by atoms with E-state index >= 15 is 0 Å². The van der Waals surface area contributed by atoms with E-state index in [-0.39, 0.29) is 0 Å². The third kappa shape index (κ3) is 3.76. The van der Waals surface area contributed by atoms with Crippen molar-refractivity contribution in [3.8, 4) is 0 Å². The van der Waals surface area contributed by atoms with Gasteiger partial charge in [0.25, 0.3) is 0 Å². The summed E-state index contributed by atoms with van der Waals surface area (Å²) in [6.45, 7) is 9.20. The van der Waals surface area contributed by atoms with Crippen LogP contribution in [0.3, 0.4) is 0 Å². The van der Waals surface area contributed by atoms with Crippen molar-refractivity contribution in [2.24, 2.45) is 0 Å². The minimum atomic E-state index is 0.505. The lowest BCUT2D eigenvalue weighted by Gasteiger charge is -2.25. The van der Waals surface area contributed by atoms with Crippen LogP contribution in [0.25, 0.3) is 0 Å². The van der Waals surface area contributed by atoms with Gasteiger partial charge < -0.3 is 0 Å². The quantitative estimate of drug-likeness (QED) is 0.690. The molecule has 0 unspecified atom stereocenters. The van der Waals surface area contributed by atoms with Crippen LogP contribution >= 0.6 is 11.6 Å². The van der Waals surface area contributed by atoms with Crippen molar-refractivity contribution in [3.63, 3.8) is 0 Å². The summed E-state index contributed by atoms with van der Waals surface area (Å²) < 4.78 is 1.94. The fraction of sp³-hybridized carbons (Fsp3) is 0.818. The molecule has 0 N–H and O–H groups in total. The van der Waals surface area contributed by atoms with Gasteiger partial charge in [-0.3, -0.25) is 4.90 Å². The molecule has 0 fully saturated rings. The summed E-state index contributed by atoms with van der Waals surface area (Å²) in [6, 6.07) is 0.505. The number of aryl methyl sites for hydroxylation is 1. The SMILES string of the molecule is CCn1ncnc1CN(CCCCl)C(C)C. The predicted octanol–water partition coefficient (Wildman–Crippen LogP) is 2.14. The minimum Gasteiger partial charge on any atom is -0.293 e. The summed E-state index contributed by atoms with van der Waals surface area (Å²) in [5.74, 6) is 1.75. The van der Waals surface area contributed by atoms with Crippen molar-refractivity contribution in [3.05, 3.63) is 12.2 Å². The molecular weight excluding hydrogens is 224 g/mol. The molecule has 0 aliphatic carbocycles. The Morgan fingerprint density at radius 2 is 2.25 bits per heavy atom. The van der Waals surface area contributed by atoms with Crippen molar-refractivity contribution < 1.29 is 0 Å². The average molecular weight is 245 g/mol. The Morgan fingerprint density at radius 1 is 1.50 bits per heavy atom. The number of alkyl halides is 1. The largest absolute Gasteiger partial charge is 0.293 e. The highest BCUT2D eigenvalue weighted by atomic mass is 35.5. The summed E-state index contributed by atoms with van der Waals surface area (Å²) in [5, 5.41) is 4.18. The molecule has 0 aromatic carbocycles. The van der Waals surface area contributed by atoms with Crippen molar-refractivity contribution >= 4 is 11.6 Å². The minimum absolute atomic E-state index is 0.505. The number of hydrogen-bond acceptors (Lipinski definition) is 3. The van der Waals surface area contributed by atoms with Gasteiger partial charge in [-0.05, 0) is 27.2 Å². The van der Waals surface area contributed by atoms with E-state index in [1.165, 1.54) is 0 Å². The van der Waals surface area contributed by atoms with Gasteiger partial charge in [-0.2, -0.15) is 5.10 Å². The Labute approximate surface area is 103 Å². The van der Waals surface area contributed by atoms with Gasteiger partial charge in [-0.1, -0.05) is 0 Å². The van der Waals surface area contributed by atoms with Crippen LogP contribution in [0.15, 0.2) is 6.33 Å². The summed E-state index contributed by atoms with van der Waals surface area (Å²) >= 11 is 5.73. The summed E-state index contributed by atoms with van der Waals surface area (Å²) in [4.78, 5) is 6.67. The maximum atomic E-state index is 5.73. The zero-order valence-electron chi connectivity index (χ0n) is 10.4. The Hall–Kier alpha value is -0.610. The summed E-state index contributed by atoms with van der Waals surface area (Å²) in [6.07, 6.45) is 2.64. The molecular formula is C11H21ClN4. The average Bonchev–Trinajstić information content (AvgIpc) is 2.70. The van der Waals surface area contributed by atoms with Gasteiger partial charge in [0, 0.05) is 25.0 Å². The fourth-order valence-corrected chi connectivity index (χ4v) is 1.76. The first-order chi connectivity index (χ1) is 7.69. The summed E-state index contributed by atoms with van der Waals surface area (Å²) in [7, 11) is 0. The Balaban J connectivity index is 2.60. The van der Waals surface area contributed by atoms with Crippen LogP contribution < -0.4 is 0 Å². The maximum absolute atomic E-state index is 5.73. The molecule has 92 valence electrons. The van der Waals surface area contributed by atoms with E-state index in [2.05, 4.69) is 35.8 Å². The number of hydrogen-bond donors (Lipinski definition) is 0. The second-order valence-corrected chi connectivity index (χ2v) is 4.48. The van der Waals surface area contributed by atoms with Gasteiger partial charge >= 0.3 is 0 Å². The normalized spacial score (nSPS) is 11.6. The monoisotopic (exact) mass is 244 g/mol. The van der Waals surface area contributed by atoms with Gasteiger partial charge in [0.1, 0.15) is 12.2 Å². The molecule has 1 rings (SSSR count). The zero-order chi connectivity index (χ0) is 12.0. The smallest absolute Gasteiger partial charge is 0.141 e. The molecule has 1 heterocycles. The van der Waals surface area contributed by atoms with Crippen LogP contribution in [0.4, 0.5) is 0 Å². The van der Waals surface area contributed by atoms with Gasteiger partial charge in [0.05, 0.1) is 6.54 Å². The molecule has 0 amide bonds. The van der Waals surface area contributed by atoms with Crippen LogP contribution in [0, 0.1) is 0 Å². The summed E-state index contributed by atoms with van der Waals surface area (Å²) in [5.41, 5.74) is 0. The molecule has 0 saturated carbocycles. The number of nitrogens with zero attached hydrogens (tertiary/aromatic N) is 4. The Morgan fingerprint density at radius 3 is 2.81 bits per heavy atom. The standard InChI is InChI=1S/C11H21ClN4/c1-4-16-11(13-9-14-16)8-15(10(2)3)7-5-6-12/h9-10H,4-8H2,1-3H3. The highest BCUT2D eigenvalue weighted by Gasteiger charge is 2.12. The van der Waals surface area contributed by atoms with Gasteiger partial charge in [0.2, 0.25) is 0 Å². The number of halogens is 1. The van der Waals surface area contributed by atoms with E-state index in [4.69, 9.17) is 11.6 Å². The molecule has 4 nitrogen and oxygen atoms in total. The molecule has 0 atom stereocenters. The molecule has 0 bridgehead atoms. The molecule has 0 saturated heterocycles. The third-order valence-corrected chi connectivity index (χ3v) is 2.92. The fourth-order valence-electron chi connectivity index (χ4n) is 1.64. The van der Waals surface area contributed by atoms with Crippen LogP contribution in [-0.4, -0.2) is 38.1 Å². The highest BCUT2D eigenvalue weighted by Crippen LogP contribution is 2.07.